The number of benzene rings is 2. The van der Waals surface area contributed by atoms with Crippen molar-refractivity contribution in [3.05, 3.63) is 71.4 Å². The third-order valence-electron chi connectivity index (χ3n) is 5.27. The average molecular weight is 584 g/mol. The number of amides is 2. The van der Waals surface area contributed by atoms with Gasteiger partial charge in [-0.3, -0.25) is 9.36 Å². The van der Waals surface area contributed by atoms with Crippen LogP contribution in [0.4, 0.5) is 29.3 Å². The number of halogens is 5. The number of likely N-dealkylation sites (N-methyl/N-ethyl adjacent to an activating group) is 1. The molecular formula is C24H22Cl2F3N7O3. The fourth-order valence-electron chi connectivity index (χ4n) is 3.48. The normalized spacial score (nSPS) is 11.1. The molecule has 10 nitrogen and oxygen atoms in total. The van der Waals surface area contributed by atoms with Gasteiger partial charge in [0.2, 0.25) is 0 Å². The van der Waals surface area contributed by atoms with Crippen LogP contribution in [0.2, 0.25) is 5.02 Å². The number of rotatable bonds is 8. The molecule has 15 heteroatoms. The Labute approximate surface area is 231 Å². The quantitative estimate of drug-likeness (QED) is 0.200. The summed E-state index contributed by atoms with van der Waals surface area (Å²) < 4.78 is 46.0. The van der Waals surface area contributed by atoms with E-state index >= 15 is 0 Å². The molecule has 2 aromatic heterocycles. The number of nitrogens with zero attached hydrogens (tertiary/aromatic N) is 4. The first-order chi connectivity index (χ1) is 18.2. The molecular weight excluding hydrogens is 562 g/mol. The van der Waals surface area contributed by atoms with Gasteiger partial charge in [-0.15, -0.1) is 12.4 Å². The van der Waals surface area contributed by atoms with Gasteiger partial charge in [-0.1, -0.05) is 11.6 Å². The van der Waals surface area contributed by atoms with Crippen molar-refractivity contribution in [1.82, 2.24) is 24.8 Å². The van der Waals surface area contributed by atoms with Gasteiger partial charge in [-0.25, -0.2) is 19.7 Å². The Balaban J connectivity index is 0.00000420. The maximum Gasteiger partial charge on any atom is 0.417 e. The van der Waals surface area contributed by atoms with Gasteiger partial charge >= 0.3 is 18.2 Å². The maximum absolute atomic E-state index is 13.0. The summed E-state index contributed by atoms with van der Waals surface area (Å²) in [5.41, 5.74) is 1.27. The van der Waals surface area contributed by atoms with E-state index in [1.807, 2.05) is 0 Å². The molecule has 0 aliphatic heterocycles. The number of nitrogens with one attached hydrogen (secondary N) is 3. The Morgan fingerprint density at radius 1 is 1.03 bits per heavy atom. The number of esters is 1. The number of carbonyl (C=O) groups is 2. The summed E-state index contributed by atoms with van der Waals surface area (Å²) in [6, 6.07) is 8.93. The van der Waals surface area contributed by atoms with Crippen molar-refractivity contribution in [2.75, 3.05) is 30.8 Å². The van der Waals surface area contributed by atoms with Crippen molar-refractivity contribution >= 4 is 58.5 Å². The number of fused-ring (bicyclic) bond motifs is 1. The van der Waals surface area contributed by atoms with Gasteiger partial charge in [0.1, 0.15) is 24.8 Å². The third-order valence-corrected chi connectivity index (χ3v) is 5.60. The van der Waals surface area contributed by atoms with Gasteiger partial charge in [-0.05, 0) is 49.5 Å². The summed E-state index contributed by atoms with van der Waals surface area (Å²) in [4.78, 5) is 37.2. The fraction of sp³-hybridized carbons (Fsp3) is 0.208. The summed E-state index contributed by atoms with van der Waals surface area (Å²) in [6.07, 6.45) is -1.85. The van der Waals surface area contributed by atoms with Crippen molar-refractivity contribution in [3.8, 4) is 5.69 Å². The zero-order valence-electron chi connectivity index (χ0n) is 20.3. The summed E-state index contributed by atoms with van der Waals surface area (Å²) in [5, 5.41) is 7.33. The predicted molar refractivity (Wildman–Crippen MR) is 142 cm³/mol. The SMILES string of the molecule is CNCCOC(=O)Cc1ncnc2c1ncn2-c1ccc(NC(=O)Nc2ccc(Cl)c(C(F)(F)F)c2)cc1.Cl. The fourth-order valence-corrected chi connectivity index (χ4v) is 3.70. The van der Waals surface area contributed by atoms with Crippen LogP contribution < -0.4 is 16.0 Å². The summed E-state index contributed by atoms with van der Waals surface area (Å²) in [6.45, 7) is 0.775. The molecule has 0 atom stereocenters. The lowest BCUT2D eigenvalue weighted by Gasteiger charge is -2.12. The van der Waals surface area contributed by atoms with Gasteiger partial charge < -0.3 is 20.7 Å². The molecule has 0 bridgehead atoms. The molecule has 3 N–H and O–H groups in total. The highest BCUT2D eigenvalue weighted by Gasteiger charge is 2.33. The van der Waals surface area contributed by atoms with E-state index in [1.54, 1.807) is 35.9 Å². The first-order valence-electron chi connectivity index (χ1n) is 11.2. The van der Waals surface area contributed by atoms with Crippen LogP contribution in [-0.2, 0) is 22.1 Å². The Bertz CT molecular complexity index is 1460. The van der Waals surface area contributed by atoms with Crippen LogP contribution in [0.25, 0.3) is 16.9 Å². The molecule has 0 saturated carbocycles. The minimum Gasteiger partial charge on any atom is -0.464 e. The molecule has 0 fully saturated rings. The van der Waals surface area contributed by atoms with Gasteiger partial charge in [0.05, 0.1) is 22.7 Å². The van der Waals surface area contributed by atoms with Crippen molar-refractivity contribution in [1.29, 1.82) is 0 Å². The molecule has 2 aromatic carbocycles. The van der Waals surface area contributed by atoms with Crippen molar-refractivity contribution in [2.45, 2.75) is 12.6 Å². The van der Waals surface area contributed by atoms with Crippen LogP contribution in [0, 0.1) is 0 Å². The number of imidazole rings is 1. The molecule has 0 saturated heterocycles. The molecule has 39 heavy (non-hydrogen) atoms. The number of carbonyl (C=O) groups excluding carboxylic acids is 2. The number of hydrogen-bond donors (Lipinski definition) is 3. The smallest absolute Gasteiger partial charge is 0.417 e. The van der Waals surface area contributed by atoms with Crippen LogP contribution in [0.15, 0.2) is 55.1 Å². The number of alkyl halides is 3. The van der Waals surface area contributed by atoms with Crippen LogP contribution in [0.5, 0.6) is 0 Å². The zero-order chi connectivity index (χ0) is 27.3. The molecule has 0 aliphatic carbocycles. The highest BCUT2D eigenvalue weighted by atomic mass is 35.5. The Hall–Kier alpha value is -3.94. The third kappa shape index (κ3) is 7.34. The van der Waals surface area contributed by atoms with Gasteiger partial charge in [0.25, 0.3) is 0 Å². The molecule has 4 rings (SSSR count). The van der Waals surface area contributed by atoms with Gasteiger partial charge in [0.15, 0.2) is 5.65 Å². The molecule has 0 unspecified atom stereocenters. The Morgan fingerprint density at radius 3 is 2.41 bits per heavy atom. The Morgan fingerprint density at radius 2 is 1.72 bits per heavy atom. The minimum atomic E-state index is -4.65. The van der Waals surface area contributed by atoms with Gasteiger partial charge in [0, 0.05) is 23.6 Å². The summed E-state index contributed by atoms with van der Waals surface area (Å²) in [5.74, 6) is -0.434. The molecule has 0 spiro atoms. The van der Waals surface area contributed by atoms with Crippen LogP contribution >= 0.6 is 24.0 Å². The molecule has 206 valence electrons. The van der Waals surface area contributed by atoms with Crippen LogP contribution in [-0.4, -0.2) is 51.7 Å². The number of ether oxygens (including phenoxy) is 1. The van der Waals surface area contributed by atoms with E-state index in [0.717, 1.165) is 12.1 Å². The van der Waals surface area contributed by atoms with Gasteiger partial charge in [-0.2, -0.15) is 13.2 Å². The van der Waals surface area contributed by atoms with E-state index in [9.17, 15) is 22.8 Å². The Kier molecular flexibility index (Phi) is 9.67. The van der Waals surface area contributed by atoms with Crippen molar-refractivity contribution in [3.63, 3.8) is 0 Å². The lowest BCUT2D eigenvalue weighted by Crippen LogP contribution is -2.20. The molecule has 4 aromatic rings. The number of aromatic nitrogens is 4. The summed E-state index contributed by atoms with van der Waals surface area (Å²) >= 11 is 5.61. The monoisotopic (exact) mass is 583 g/mol. The van der Waals surface area contributed by atoms with Crippen LogP contribution in [0.3, 0.4) is 0 Å². The first-order valence-corrected chi connectivity index (χ1v) is 11.6. The second-order valence-corrected chi connectivity index (χ2v) is 8.33. The number of hydrogen-bond acceptors (Lipinski definition) is 7. The highest BCUT2D eigenvalue weighted by Crippen LogP contribution is 2.36. The molecule has 0 aliphatic rings. The predicted octanol–water partition coefficient (Wildman–Crippen LogP) is 4.86. The molecule has 2 amide bonds. The average Bonchev–Trinajstić information content (AvgIpc) is 3.30. The van der Waals surface area contributed by atoms with E-state index in [-0.39, 0.29) is 31.1 Å². The second-order valence-electron chi connectivity index (χ2n) is 7.93. The van der Waals surface area contributed by atoms with E-state index in [1.165, 1.54) is 18.7 Å². The lowest BCUT2D eigenvalue weighted by molar-refractivity contribution is -0.142. The topological polar surface area (TPSA) is 123 Å². The number of urea groups is 1. The van der Waals surface area contributed by atoms with E-state index in [4.69, 9.17) is 16.3 Å². The van der Waals surface area contributed by atoms with Crippen LogP contribution in [0.1, 0.15) is 11.3 Å². The van der Waals surface area contributed by atoms with Crippen molar-refractivity contribution < 1.29 is 27.5 Å². The highest BCUT2D eigenvalue weighted by molar-refractivity contribution is 6.31. The first kappa shape index (κ1) is 29.6. The largest absolute Gasteiger partial charge is 0.464 e. The molecule has 0 radical (unpaired) electrons. The lowest BCUT2D eigenvalue weighted by atomic mass is 10.2. The molecule has 2 heterocycles. The van der Waals surface area contributed by atoms with E-state index < -0.39 is 28.8 Å². The van der Waals surface area contributed by atoms with Crippen molar-refractivity contribution in [2.24, 2.45) is 0 Å². The second kappa shape index (κ2) is 12.7. The van der Waals surface area contributed by atoms with E-state index in [2.05, 4.69) is 30.9 Å². The zero-order valence-corrected chi connectivity index (χ0v) is 21.8. The number of anilines is 2. The maximum atomic E-state index is 13.0. The minimum absolute atomic E-state index is 0. The standard InChI is InChI=1S/C24H21ClF3N7O3.ClH/c1-29-8-9-38-20(36)11-19-21-22(31-12-30-19)35(13-32-21)16-5-2-14(3-6-16)33-23(37)34-15-4-7-18(25)17(10-15)24(26,27)28;/h2-7,10,12-13,29H,8-9,11H2,1H3,(H2,33,34,37);1H. The summed E-state index contributed by atoms with van der Waals surface area (Å²) in [7, 11) is 1.75. The van der Waals surface area contributed by atoms with E-state index in [0.29, 0.717) is 34.8 Å².